The predicted molar refractivity (Wildman–Crippen MR) is 93.5 cm³/mol. The molecule has 112 valence electrons. The monoisotopic (exact) mass is 355 g/mol. The van der Waals surface area contributed by atoms with Crippen LogP contribution in [0.1, 0.15) is 29.5 Å². The van der Waals surface area contributed by atoms with Gasteiger partial charge in [-0.3, -0.25) is 0 Å². The van der Waals surface area contributed by atoms with E-state index in [0.29, 0.717) is 17.9 Å². The van der Waals surface area contributed by atoms with E-state index in [1.165, 1.54) is 16.8 Å². The van der Waals surface area contributed by atoms with Gasteiger partial charge in [-0.1, -0.05) is 40.2 Å². The van der Waals surface area contributed by atoms with Gasteiger partial charge in [0.15, 0.2) is 0 Å². The van der Waals surface area contributed by atoms with E-state index in [-0.39, 0.29) is 0 Å². The molecule has 1 aliphatic heterocycles. The second kappa shape index (κ2) is 5.47. The molecule has 2 aliphatic rings. The van der Waals surface area contributed by atoms with Gasteiger partial charge < -0.3 is 10.1 Å². The van der Waals surface area contributed by atoms with E-state index in [4.69, 9.17) is 4.74 Å². The summed E-state index contributed by atoms with van der Waals surface area (Å²) in [5.74, 6) is 1.96. The summed E-state index contributed by atoms with van der Waals surface area (Å²) in [6.45, 7) is 0. The summed E-state index contributed by atoms with van der Waals surface area (Å²) in [4.78, 5) is 0. The summed E-state index contributed by atoms with van der Waals surface area (Å²) < 4.78 is 6.53. The zero-order valence-corrected chi connectivity index (χ0v) is 14.0. The first-order valence-corrected chi connectivity index (χ1v) is 8.42. The molecule has 1 aliphatic carbocycles. The lowest BCUT2D eigenvalue weighted by molar-refractivity contribution is 0.405. The van der Waals surface area contributed by atoms with Crippen molar-refractivity contribution in [3.63, 3.8) is 0 Å². The first-order chi connectivity index (χ1) is 10.8. The number of anilines is 1. The van der Waals surface area contributed by atoms with Crippen molar-refractivity contribution >= 4 is 21.6 Å². The van der Waals surface area contributed by atoms with E-state index in [9.17, 15) is 0 Å². The fraction of sp³-hybridized carbons (Fsp3) is 0.263. The molecule has 0 aromatic heterocycles. The molecule has 2 nitrogen and oxygen atoms in total. The number of ether oxygens (including phenoxy) is 1. The lowest BCUT2D eigenvalue weighted by Crippen LogP contribution is -2.29. The Bertz CT molecular complexity index is 740. The summed E-state index contributed by atoms with van der Waals surface area (Å²) in [5, 5.41) is 3.75. The van der Waals surface area contributed by atoms with Gasteiger partial charge in [0.25, 0.3) is 0 Å². The Hall–Kier alpha value is -1.74. The molecule has 0 unspecified atom stereocenters. The van der Waals surface area contributed by atoms with Crippen LogP contribution in [0.5, 0.6) is 5.75 Å². The molecular formula is C19H18BrNO. The van der Waals surface area contributed by atoms with Gasteiger partial charge in [0.1, 0.15) is 5.75 Å². The lowest BCUT2D eigenvalue weighted by atomic mass is 9.77. The highest BCUT2D eigenvalue weighted by Gasteiger charge is 2.37. The van der Waals surface area contributed by atoms with Crippen LogP contribution in [0.3, 0.4) is 0 Å². The third kappa shape index (κ3) is 2.24. The van der Waals surface area contributed by atoms with Gasteiger partial charge in [0, 0.05) is 16.1 Å². The van der Waals surface area contributed by atoms with Crippen molar-refractivity contribution in [2.45, 2.75) is 18.4 Å². The molecule has 1 heterocycles. The quantitative estimate of drug-likeness (QED) is 0.739. The number of halogens is 1. The van der Waals surface area contributed by atoms with Gasteiger partial charge in [0.2, 0.25) is 0 Å². The molecule has 2 aromatic carbocycles. The fourth-order valence-corrected chi connectivity index (χ4v) is 4.15. The molecule has 0 saturated carbocycles. The third-order valence-electron chi connectivity index (χ3n) is 4.78. The van der Waals surface area contributed by atoms with E-state index in [0.717, 1.165) is 16.6 Å². The summed E-state index contributed by atoms with van der Waals surface area (Å²) in [5.41, 5.74) is 3.91. The molecule has 3 atom stereocenters. The zero-order valence-electron chi connectivity index (χ0n) is 12.4. The standard InChI is InChI=1S/C19H18BrNO/c1-22-14-8-9-18-17(11-14)15-6-3-7-16(15)19(21-18)12-4-2-5-13(20)10-12/h2-6,8-11,15-16,19,21H,7H2,1H3/t15-,16-,19-/m0/s1. The molecule has 0 spiro atoms. The Morgan fingerprint density at radius 1 is 1.18 bits per heavy atom. The highest BCUT2D eigenvalue weighted by Crippen LogP contribution is 2.50. The van der Waals surface area contributed by atoms with Crippen molar-refractivity contribution in [2.24, 2.45) is 5.92 Å². The number of benzene rings is 2. The van der Waals surface area contributed by atoms with Gasteiger partial charge in [-0.15, -0.1) is 0 Å². The van der Waals surface area contributed by atoms with E-state index in [1.54, 1.807) is 7.11 Å². The van der Waals surface area contributed by atoms with Gasteiger partial charge in [-0.25, -0.2) is 0 Å². The molecule has 3 heteroatoms. The first kappa shape index (κ1) is 13.9. The number of nitrogens with one attached hydrogen (secondary N) is 1. The fourth-order valence-electron chi connectivity index (χ4n) is 3.73. The van der Waals surface area contributed by atoms with Crippen LogP contribution >= 0.6 is 15.9 Å². The molecule has 0 bridgehead atoms. The van der Waals surface area contributed by atoms with Crippen LogP contribution in [0, 0.1) is 5.92 Å². The van der Waals surface area contributed by atoms with Crippen molar-refractivity contribution in [2.75, 3.05) is 12.4 Å². The van der Waals surface area contributed by atoms with Crippen LogP contribution in [0.15, 0.2) is 59.1 Å². The number of rotatable bonds is 2. The minimum absolute atomic E-state index is 0.346. The van der Waals surface area contributed by atoms with Crippen LogP contribution in [0.4, 0.5) is 5.69 Å². The number of fused-ring (bicyclic) bond motifs is 3. The minimum Gasteiger partial charge on any atom is -0.497 e. The molecule has 0 saturated heterocycles. The van der Waals surface area contributed by atoms with E-state index in [2.05, 4.69) is 69.8 Å². The number of methoxy groups -OCH3 is 1. The maximum Gasteiger partial charge on any atom is 0.119 e. The van der Waals surface area contributed by atoms with Crippen LogP contribution in [-0.2, 0) is 0 Å². The highest BCUT2D eigenvalue weighted by atomic mass is 79.9. The van der Waals surface area contributed by atoms with Crippen molar-refractivity contribution in [3.05, 3.63) is 70.2 Å². The molecular weight excluding hydrogens is 338 g/mol. The van der Waals surface area contributed by atoms with E-state index in [1.807, 2.05) is 6.07 Å². The Morgan fingerprint density at radius 2 is 2.09 bits per heavy atom. The van der Waals surface area contributed by atoms with Crippen LogP contribution < -0.4 is 10.1 Å². The molecule has 4 rings (SSSR count). The molecule has 0 fully saturated rings. The number of hydrogen-bond acceptors (Lipinski definition) is 2. The Kier molecular flexibility index (Phi) is 3.45. The van der Waals surface area contributed by atoms with E-state index >= 15 is 0 Å². The minimum atomic E-state index is 0.346. The molecule has 0 amide bonds. The topological polar surface area (TPSA) is 21.3 Å². The second-order valence-electron chi connectivity index (χ2n) is 5.98. The van der Waals surface area contributed by atoms with Gasteiger partial charge in [-0.05, 0) is 53.8 Å². The largest absolute Gasteiger partial charge is 0.497 e. The van der Waals surface area contributed by atoms with Crippen LogP contribution in [0.25, 0.3) is 0 Å². The van der Waals surface area contributed by atoms with Gasteiger partial charge in [0.05, 0.1) is 13.2 Å². The molecule has 2 aromatic rings. The highest BCUT2D eigenvalue weighted by molar-refractivity contribution is 9.10. The average Bonchev–Trinajstić information content (AvgIpc) is 3.03. The lowest BCUT2D eigenvalue weighted by Gasteiger charge is -2.37. The normalized spacial score (nSPS) is 25.3. The summed E-state index contributed by atoms with van der Waals surface area (Å²) in [6, 6.07) is 15.3. The maximum absolute atomic E-state index is 5.40. The Morgan fingerprint density at radius 3 is 2.91 bits per heavy atom. The predicted octanol–water partition coefficient (Wildman–Crippen LogP) is 5.28. The number of hydrogen-bond donors (Lipinski definition) is 1. The second-order valence-corrected chi connectivity index (χ2v) is 6.90. The van der Waals surface area contributed by atoms with Crippen molar-refractivity contribution in [1.29, 1.82) is 0 Å². The number of allylic oxidation sites excluding steroid dienone is 2. The maximum atomic E-state index is 5.40. The van der Waals surface area contributed by atoms with E-state index < -0.39 is 0 Å². The Balaban J connectivity index is 1.78. The molecule has 1 N–H and O–H groups in total. The van der Waals surface area contributed by atoms with Gasteiger partial charge in [-0.2, -0.15) is 0 Å². The summed E-state index contributed by atoms with van der Waals surface area (Å²) in [6.07, 6.45) is 5.79. The van der Waals surface area contributed by atoms with Crippen molar-refractivity contribution < 1.29 is 4.74 Å². The van der Waals surface area contributed by atoms with Crippen molar-refractivity contribution in [1.82, 2.24) is 0 Å². The molecule has 0 radical (unpaired) electrons. The van der Waals surface area contributed by atoms with Gasteiger partial charge >= 0.3 is 0 Å². The zero-order chi connectivity index (χ0) is 15.1. The Labute approximate surface area is 139 Å². The summed E-state index contributed by atoms with van der Waals surface area (Å²) >= 11 is 3.59. The summed E-state index contributed by atoms with van der Waals surface area (Å²) in [7, 11) is 1.73. The first-order valence-electron chi connectivity index (χ1n) is 7.63. The molecule has 22 heavy (non-hydrogen) atoms. The SMILES string of the molecule is COc1ccc2c(c1)[C@H]1C=CC[C@@H]1[C@H](c1cccc(Br)c1)N2. The van der Waals surface area contributed by atoms with Crippen LogP contribution in [0.2, 0.25) is 0 Å². The van der Waals surface area contributed by atoms with Crippen molar-refractivity contribution in [3.8, 4) is 5.75 Å². The third-order valence-corrected chi connectivity index (χ3v) is 5.27. The van der Waals surface area contributed by atoms with Crippen LogP contribution in [-0.4, -0.2) is 7.11 Å². The average molecular weight is 356 g/mol. The smallest absolute Gasteiger partial charge is 0.119 e.